The van der Waals surface area contributed by atoms with Crippen molar-refractivity contribution in [3.63, 3.8) is 0 Å². The zero-order chi connectivity index (χ0) is 10.3. The van der Waals surface area contributed by atoms with Gasteiger partial charge in [-0.2, -0.15) is 0 Å². The Kier molecular flexibility index (Phi) is 1.83. The molecule has 1 aromatic carbocycles. The van der Waals surface area contributed by atoms with E-state index in [1.165, 1.54) is 5.56 Å². The third-order valence-corrected chi connectivity index (χ3v) is 3.51. The van der Waals surface area contributed by atoms with Gasteiger partial charge >= 0.3 is 0 Å². The van der Waals surface area contributed by atoms with Crippen molar-refractivity contribution in [3.8, 4) is 0 Å². The van der Waals surface area contributed by atoms with Gasteiger partial charge in [0, 0.05) is 12.2 Å². The Morgan fingerprint density at radius 1 is 1.27 bits per heavy atom. The zero-order valence-electron chi connectivity index (χ0n) is 8.55. The number of hydrogen-bond donors (Lipinski definition) is 2. The molecule has 2 N–H and O–H groups in total. The molecule has 0 bridgehead atoms. The summed E-state index contributed by atoms with van der Waals surface area (Å²) >= 11 is 0. The number of anilines is 1. The molecular weight excluding hydrogens is 188 g/mol. The molecule has 2 heterocycles. The summed E-state index contributed by atoms with van der Waals surface area (Å²) in [6.45, 7) is 1.80. The van der Waals surface area contributed by atoms with Gasteiger partial charge in [0.15, 0.2) is 0 Å². The van der Waals surface area contributed by atoms with Crippen molar-refractivity contribution in [2.75, 3.05) is 18.4 Å². The first kappa shape index (κ1) is 8.92. The summed E-state index contributed by atoms with van der Waals surface area (Å²) in [5, 5.41) is 6.31. The van der Waals surface area contributed by atoms with Crippen LogP contribution >= 0.6 is 0 Å². The molecule has 1 spiro atoms. The van der Waals surface area contributed by atoms with Crippen molar-refractivity contribution in [1.82, 2.24) is 5.32 Å². The van der Waals surface area contributed by atoms with E-state index >= 15 is 0 Å². The van der Waals surface area contributed by atoms with E-state index in [0.717, 1.165) is 31.6 Å². The summed E-state index contributed by atoms with van der Waals surface area (Å²) in [7, 11) is 0. The van der Waals surface area contributed by atoms with Crippen LogP contribution in [-0.2, 0) is 10.2 Å². The van der Waals surface area contributed by atoms with Crippen LogP contribution in [0, 0.1) is 0 Å². The largest absolute Gasteiger partial charge is 0.325 e. The van der Waals surface area contributed by atoms with Crippen molar-refractivity contribution in [2.45, 2.75) is 18.3 Å². The number of para-hydroxylation sites is 1. The molecule has 1 atom stereocenters. The zero-order valence-corrected chi connectivity index (χ0v) is 8.55. The highest BCUT2D eigenvalue weighted by atomic mass is 16.2. The molecule has 0 saturated carbocycles. The van der Waals surface area contributed by atoms with E-state index in [4.69, 9.17) is 0 Å². The predicted octanol–water partition coefficient (Wildman–Crippen LogP) is 1.26. The highest BCUT2D eigenvalue weighted by molar-refractivity contribution is 6.06. The maximum absolute atomic E-state index is 12.1. The highest BCUT2D eigenvalue weighted by Gasteiger charge is 2.46. The van der Waals surface area contributed by atoms with Gasteiger partial charge in [0.2, 0.25) is 5.91 Å². The normalized spacial score (nSPS) is 28.9. The van der Waals surface area contributed by atoms with Crippen LogP contribution in [0.15, 0.2) is 24.3 Å². The SMILES string of the molecule is O=C1Nc2ccccc2C12CCCNC2. The van der Waals surface area contributed by atoms with Crippen LogP contribution in [0.1, 0.15) is 18.4 Å². The minimum atomic E-state index is -0.297. The molecule has 0 aliphatic carbocycles. The lowest BCUT2D eigenvalue weighted by molar-refractivity contribution is -0.121. The van der Waals surface area contributed by atoms with Crippen molar-refractivity contribution >= 4 is 11.6 Å². The van der Waals surface area contributed by atoms with Gasteiger partial charge in [0.05, 0.1) is 5.41 Å². The molecule has 3 nitrogen and oxygen atoms in total. The Labute approximate surface area is 88.9 Å². The van der Waals surface area contributed by atoms with E-state index in [1.54, 1.807) is 0 Å². The lowest BCUT2D eigenvalue weighted by atomic mass is 9.76. The summed E-state index contributed by atoms with van der Waals surface area (Å²) in [6.07, 6.45) is 2.03. The summed E-state index contributed by atoms with van der Waals surface area (Å²) in [5.41, 5.74) is 1.86. The molecule has 3 rings (SSSR count). The molecule has 1 aromatic rings. The molecule has 2 aliphatic rings. The first-order valence-corrected chi connectivity index (χ1v) is 5.45. The van der Waals surface area contributed by atoms with E-state index in [-0.39, 0.29) is 11.3 Å². The van der Waals surface area contributed by atoms with Crippen LogP contribution in [0.3, 0.4) is 0 Å². The van der Waals surface area contributed by atoms with Crippen molar-refractivity contribution in [3.05, 3.63) is 29.8 Å². The standard InChI is InChI=1S/C12H14N2O/c15-11-12(6-3-7-13-8-12)9-4-1-2-5-10(9)14-11/h1-2,4-5,13H,3,6-8H2,(H,14,15). The molecule has 78 valence electrons. The first-order chi connectivity index (χ1) is 7.33. The molecule has 1 unspecified atom stereocenters. The smallest absolute Gasteiger partial charge is 0.236 e. The van der Waals surface area contributed by atoms with Gasteiger partial charge in [-0.25, -0.2) is 0 Å². The van der Waals surface area contributed by atoms with Gasteiger partial charge in [0.1, 0.15) is 0 Å². The third-order valence-electron chi connectivity index (χ3n) is 3.51. The van der Waals surface area contributed by atoms with Crippen LogP contribution < -0.4 is 10.6 Å². The average molecular weight is 202 g/mol. The molecule has 2 aliphatic heterocycles. The van der Waals surface area contributed by atoms with Crippen LogP contribution in [-0.4, -0.2) is 19.0 Å². The topological polar surface area (TPSA) is 41.1 Å². The highest BCUT2D eigenvalue weighted by Crippen LogP contribution is 2.41. The van der Waals surface area contributed by atoms with E-state index in [0.29, 0.717) is 0 Å². The number of benzene rings is 1. The maximum atomic E-state index is 12.1. The summed E-state index contributed by atoms with van der Waals surface area (Å²) in [6, 6.07) is 8.03. The number of carbonyl (C=O) groups excluding carboxylic acids is 1. The summed E-state index contributed by atoms with van der Waals surface area (Å²) in [4.78, 5) is 12.1. The van der Waals surface area contributed by atoms with Gasteiger partial charge in [-0.3, -0.25) is 4.79 Å². The Balaban J connectivity index is 2.11. The predicted molar refractivity (Wildman–Crippen MR) is 58.9 cm³/mol. The van der Waals surface area contributed by atoms with Gasteiger partial charge < -0.3 is 10.6 Å². The number of rotatable bonds is 0. The molecule has 1 fully saturated rings. The van der Waals surface area contributed by atoms with Gasteiger partial charge in [-0.1, -0.05) is 18.2 Å². The second kappa shape index (κ2) is 3.07. The lowest BCUT2D eigenvalue weighted by Gasteiger charge is -2.31. The third kappa shape index (κ3) is 1.13. The first-order valence-electron chi connectivity index (χ1n) is 5.45. The van der Waals surface area contributed by atoms with Gasteiger partial charge in [-0.05, 0) is 31.0 Å². The minimum Gasteiger partial charge on any atom is -0.325 e. The molecule has 1 amide bonds. The Morgan fingerprint density at radius 2 is 2.13 bits per heavy atom. The Morgan fingerprint density at radius 3 is 2.93 bits per heavy atom. The number of piperidine rings is 1. The van der Waals surface area contributed by atoms with Crippen molar-refractivity contribution in [1.29, 1.82) is 0 Å². The van der Waals surface area contributed by atoms with E-state index < -0.39 is 0 Å². The van der Waals surface area contributed by atoms with Crippen LogP contribution in [0.4, 0.5) is 5.69 Å². The molecule has 3 heteroatoms. The fourth-order valence-electron chi connectivity index (χ4n) is 2.70. The molecule has 1 saturated heterocycles. The van der Waals surface area contributed by atoms with Crippen LogP contribution in [0.25, 0.3) is 0 Å². The summed E-state index contributed by atoms with van der Waals surface area (Å²) < 4.78 is 0. The van der Waals surface area contributed by atoms with Gasteiger partial charge in [-0.15, -0.1) is 0 Å². The van der Waals surface area contributed by atoms with E-state index in [1.807, 2.05) is 18.2 Å². The Hall–Kier alpha value is -1.35. The van der Waals surface area contributed by atoms with Crippen molar-refractivity contribution in [2.24, 2.45) is 0 Å². The number of carbonyl (C=O) groups is 1. The number of nitrogens with one attached hydrogen (secondary N) is 2. The second-order valence-electron chi connectivity index (χ2n) is 4.36. The van der Waals surface area contributed by atoms with E-state index in [2.05, 4.69) is 16.7 Å². The van der Waals surface area contributed by atoms with Crippen LogP contribution in [0.2, 0.25) is 0 Å². The maximum Gasteiger partial charge on any atom is 0.236 e. The fraction of sp³-hybridized carbons (Fsp3) is 0.417. The minimum absolute atomic E-state index is 0.163. The van der Waals surface area contributed by atoms with E-state index in [9.17, 15) is 4.79 Å². The molecule has 0 aromatic heterocycles. The number of fused-ring (bicyclic) bond motifs is 2. The van der Waals surface area contributed by atoms with Gasteiger partial charge in [0.25, 0.3) is 0 Å². The lowest BCUT2D eigenvalue weighted by Crippen LogP contribution is -2.47. The molecule has 0 radical (unpaired) electrons. The fourth-order valence-corrected chi connectivity index (χ4v) is 2.70. The number of hydrogen-bond acceptors (Lipinski definition) is 2. The molecular formula is C12H14N2O. The Bertz CT molecular complexity index is 408. The average Bonchev–Trinajstić information content (AvgIpc) is 2.55. The van der Waals surface area contributed by atoms with Crippen LogP contribution in [0.5, 0.6) is 0 Å². The van der Waals surface area contributed by atoms with Crippen molar-refractivity contribution < 1.29 is 4.79 Å². The summed E-state index contributed by atoms with van der Waals surface area (Å²) in [5.74, 6) is 0.163. The quantitative estimate of drug-likeness (QED) is 0.665. The monoisotopic (exact) mass is 202 g/mol. The second-order valence-corrected chi connectivity index (χ2v) is 4.36. The molecule has 15 heavy (non-hydrogen) atoms. The number of amides is 1.